The maximum atomic E-state index is 11.7. The van der Waals surface area contributed by atoms with Crippen LogP contribution < -0.4 is 5.32 Å². The first-order chi connectivity index (χ1) is 5.79. The third kappa shape index (κ3) is 1.46. The lowest BCUT2D eigenvalue weighted by molar-refractivity contribution is -0.132. The highest BCUT2D eigenvalue weighted by Crippen LogP contribution is 2.26. The Kier molecular flexibility index (Phi) is 2.05. The van der Waals surface area contributed by atoms with Crippen molar-refractivity contribution in [2.24, 2.45) is 0 Å². The molecular formula is C9H16N2O. The second-order valence-corrected chi connectivity index (χ2v) is 3.83. The van der Waals surface area contributed by atoms with Gasteiger partial charge in [-0.3, -0.25) is 4.79 Å². The molecule has 0 aromatic rings. The molecule has 1 amide bonds. The summed E-state index contributed by atoms with van der Waals surface area (Å²) in [6.45, 7) is 1.01. The van der Waals surface area contributed by atoms with E-state index in [1.54, 1.807) is 0 Å². The average Bonchev–Trinajstić information content (AvgIpc) is 2.79. The summed E-state index contributed by atoms with van der Waals surface area (Å²) in [7, 11) is 1.93. The van der Waals surface area contributed by atoms with Crippen LogP contribution in [0.2, 0.25) is 0 Å². The number of hydrogen-bond donors (Lipinski definition) is 1. The van der Waals surface area contributed by atoms with Crippen LogP contribution in [0.25, 0.3) is 0 Å². The quantitative estimate of drug-likeness (QED) is 0.645. The van der Waals surface area contributed by atoms with Gasteiger partial charge in [-0.2, -0.15) is 0 Å². The van der Waals surface area contributed by atoms with Gasteiger partial charge < -0.3 is 10.2 Å². The number of likely N-dealkylation sites (N-methyl/N-ethyl adjacent to an activating group) is 1. The van der Waals surface area contributed by atoms with E-state index in [0.717, 1.165) is 19.4 Å². The van der Waals surface area contributed by atoms with Crippen molar-refractivity contribution < 1.29 is 4.79 Å². The van der Waals surface area contributed by atoms with Gasteiger partial charge in [-0.1, -0.05) is 0 Å². The Bertz CT molecular complexity index is 179. The maximum absolute atomic E-state index is 11.7. The molecule has 3 nitrogen and oxygen atoms in total. The van der Waals surface area contributed by atoms with Crippen LogP contribution in [0.1, 0.15) is 25.7 Å². The van der Waals surface area contributed by atoms with Crippen molar-refractivity contribution in [3.63, 3.8) is 0 Å². The Balaban J connectivity index is 1.88. The molecule has 0 spiro atoms. The minimum Gasteiger partial charge on any atom is -0.341 e. The fourth-order valence-corrected chi connectivity index (χ4v) is 1.78. The zero-order valence-corrected chi connectivity index (χ0v) is 7.55. The van der Waals surface area contributed by atoms with Crippen molar-refractivity contribution in [1.29, 1.82) is 0 Å². The minimum absolute atomic E-state index is 0.121. The van der Waals surface area contributed by atoms with E-state index in [-0.39, 0.29) is 6.04 Å². The Morgan fingerprint density at radius 1 is 1.42 bits per heavy atom. The zero-order chi connectivity index (χ0) is 8.55. The normalized spacial score (nSPS) is 28.9. The number of hydrogen-bond acceptors (Lipinski definition) is 2. The molecule has 1 atom stereocenters. The molecule has 0 aromatic heterocycles. The van der Waals surface area contributed by atoms with Crippen LogP contribution in [0.4, 0.5) is 0 Å². The molecule has 3 heteroatoms. The molecular weight excluding hydrogens is 152 g/mol. The van der Waals surface area contributed by atoms with Crippen molar-refractivity contribution in [3.8, 4) is 0 Å². The van der Waals surface area contributed by atoms with E-state index in [1.165, 1.54) is 12.8 Å². The first-order valence-corrected chi connectivity index (χ1v) is 4.79. The maximum Gasteiger partial charge on any atom is 0.239 e. The van der Waals surface area contributed by atoms with Crippen LogP contribution in [0, 0.1) is 0 Å². The van der Waals surface area contributed by atoms with Crippen LogP contribution in [0.3, 0.4) is 0 Å². The van der Waals surface area contributed by atoms with Crippen molar-refractivity contribution in [3.05, 3.63) is 0 Å². The average molecular weight is 168 g/mol. The number of nitrogens with one attached hydrogen (secondary N) is 1. The predicted octanol–water partition coefficient (Wildman–Crippen LogP) is 0.359. The van der Waals surface area contributed by atoms with Crippen molar-refractivity contribution in [1.82, 2.24) is 10.2 Å². The second-order valence-electron chi connectivity index (χ2n) is 3.83. The molecule has 1 saturated heterocycles. The molecule has 2 fully saturated rings. The standard InChI is InChI=1S/C9H16N2O/c1-11(7-4-5-7)9(12)8-3-2-6-10-8/h7-8,10H,2-6H2,1H3/t8-/m1/s1. The van der Waals surface area contributed by atoms with Crippen LogP contribution in [0.15, 0.2) is 0 Å². The number of carbonyl (C=O) groups is 1. The van der Waals surface area contributed by atoms with E-state index in [9.17, 15) is 4.79 Å². The van der Waals surface area contributed by atoms with Gasteiger partial charge in [-0.05, 0) is 32.2 Å². The Morgan fingerprint density at radius 3 is 2.67 bits per heavy atom. The Labute approximate surface area is 73.1 Å². The topological polar surface area (TPSA) is 32.3 Å². The molecule has 12 heavy (non-hydrogen) atoms. The molecule has 1 aliphatic heterocycles. The van der Waals surface area contributed by atoms with Gasteiger partial charge >= 0.3 is 0 Å². The first kappa shape index (κ1) is 8.05. The van der Waals surface area contributed by atoms with E-state index in [4.69, 9.17) is 0 Å². The van der Waals surface area contributed by atoms with Crippen molar-refractivity contribution >= 4 is 5.91 Å². The van der Waals surface area contributed by atoms with Gasteiger partial charge in [0.25, 0.3) is 0 Å². The number of amides is 1. The summed E-state index contributed by atoms with van der Waals surface area (Å²) < 4.78 is 0. The van der Waals surface area contributed by atoms with Crippen LogP contribution in [-0.4, -0.2) is 36.5 Å². The highest BCUT2D eigenvalue weighted by atomic mass is 16.2. The smallest absolute Gasteiger partial charge is 0.239 e. The van der Waals surface area contributed by atoms with Gasteiger partial charge in [0.1, 0.15) is 0 Å². The Hall–Kier alpha value is -0.570. The molecule has 1 heterocycles. The summed E-state index contributed by atoms with van der Waals surface area (Å²) in [6, 6.07) is 0.676. The number of rotatable bonds is 2. The van der Waals surface area contributed by atoms with Gasteiger partial charge in [0.2, 0.25) is 5.91 Å². The lowest BCUT2D eigenvalue weighted by atomic mass is 10.2. The molecule has 2 aliphatic rings. The summed E-state index contributed by atoms with van der Waals surface area (Å²) in [4.78, 5) is 13.6. The molecule has 1 aliphatic carbocycles. The molecule has 0 bridgehead atoms. The molecule has 0 radical (unpaired) electrons. The van der Waals surface area contributed by atoms with Gasteiger partial charge in [0.15, 0.2) is 0 Å². The van der Waals surface area contributed by atoms with Gasteiger partial charge in [-0.25, -0.2) is 0 Å². The number of nitrogens with zero attached hydrogens (tertiary/aromatic N) is 1. The summed E-state index contributed by atoms with van der Waals surface area (Å²) >= 11 is 0. The SMILES string of the molecule is CN(C(=O)[C@H]1CCCN1)C1CC1. The van der Waals surface area contributed by atoms with E-state index in [2.05, 4.69) is 5.32 Å². The highest BCUT2D eigenvalue weighted by Gasteiger charge is 2.33. The van der Waals surface area contributed by atoms with E-state index in [1.807, 2.05) is 11.9 Å². The van der Waals surface area contributed by atoms with Crippen LogP contribution in [-0.2, 0) is 4.79 Å². The molecule has 68 valence electrons. The number of carbonyl (C=O) groups excluding carboxylic acids is 1. The van der Waals surface area contributed by atoms with E-state index < -0.39 is 0 Å². The lowest BCUT2D eigenvalue weighted by Gasteiger charge is -2.20. The summed E-state index contributed by atoms with van der Waals surface area (Å²) in [5, 5.41) is 3.23. The molecule has 0 unspecified atom stereocenters. The predicted molar refractivity (Wildman–Crippen MR) is 46.8 cm³/mol. The van der Waals surface area contributed by atoms with Gasteiger partial charge in [0, 0.05) is 13.1 Å². The van der Waals surface area contributed by atoms with Crippen LogP contribution in [0.5, 0.6) is 0 Å². The molecule has 1 saturated carbocycles. The van der Waals surface area contributed by atoms with Gasteiger partial charge in [0.05, 0.1) is 6.04 Å². The van der Waals surface area contributed by atoms with Crippen LogP contribution >= 0.6 is 0 Å². The monoisotopic (exact) mass is 168 g/mol. The van der Waals surface area contributed by atoms with Crippen molar-refractivity contribution in [2.75, 3.05) is 13.6 Å². The third-order valence-corrected chi connectivity index (χ3v) is 2.80. The first-order valence-electron chi connectivity index (χ1n) is 4.79. The minimum atomic E-state index is 0.121. The largest absolute Gasteiger partial charge is 0.341 e. The van der Waals surface area contributed by atoms with E-state index in [0.29, 0.717) is 11.9 Å². The lowest BCUT2D eigenvalue weighted by Crippen LogP contribution is -2.42. The Morgan fingerprint density at radius 2 is 2.17 bits per heavy atom. The molecule has 1 N–H and O–H groups in total. The highest BCUT2D eigenvalue weighted by molar-refractivity contribution is 5.82. The van der Waals surface area contributed by atoms with Gasteiger partial charge in [-0.15, -0.1) is 0 Å². The van der Waals surface area contributed by atoms with Crippen molar-refractivity contribution in [2.45, 2.75) is 37.8 Å². The molecule has 2 rings (SSSR count). The van der Waals surface area contributed by atoms with E-state index >= 15 is 0 Å². The summed E-state index contributed by atoms with van der Waals surface area (Å²) in [6.07, 6.45) is 4.58. The molecule has 0 aromatic carbocycles. The fraction of sp³-hybridized carbons (Fsp3) is 0.889. The summed E-state index contributed by atoms with van der Waals surface area (Å²) in [5.41, 5.74) is 0. The fourth-order valence-electron chi connectivity index (χ4n) is 1.78. The third-order valence-electron chi connectivity index (χ3n) is 2.80. The summed E-state index contributed by atoms with van der Waals surface area (Å²) in [5.74, 6) is 0.301. The zero-order valence-electron chi connectivity index (χ0n) is 7.55. The second kappa shape index (κ2) is 3.05.